The van der Waals surface area contributed by atoms with Crippen LogP contribution < -0.4 is 11.5 Å². The summed E-state index contributed by atoms with van der Waals surface area (Å²) < 4.78 is 0. The van der Waals surface area contributed by atoms with E-state index in [0.717, 1.165) is 11.3 Å². The van der Waals surface area contributed by atoms with Gasteiger partial charge in [-0.2, -0.15) is 13.5 Å². The molecule has 0 aromatic heterocycles. The number of rotatable bonds is 5. The number of anilines is 1. The summed E-state index contributed by atoms with van der Waals surface area (Å²) in [5.74, 6) is 0.00169. The predicted molar refractivity (Wildman–Crippen MR) is 90.0 cm³/mol. The van der Waals surface area contributed by atoms with Crippen LogP contribution in [0.15, 0.2) is 24.3 Å². The SMILES string of the molecule is CC(C)N(C(=O)[C@@H](N)Cc1ccc(N)cc1)C(C)C.S. The van der Waals surface area contributed by atoms with Crippen LogP contribution >= 0.6 is 13.5 Å². The van der Waals surface area contributed by atoms with Gasteiger partial charge >= 0.3 is 0 Å². The van der Waals surface area contributed by atoms with Crippen LogP contribution in [0.3, 0.4) is 0 Å². The van der Waals surface area contributed by atoms with Crippen molar-refractivity contribution >= 4 is 25.1 Å². The molecule has 0 aliphatic rings. The van der Waals surface area contributed by atoms with E-state index in [2.05, 4.69) is 0 Å². The lowest BCUT2D eigenvalue weighted by atomic mass is 10.0. The largest absolute Gasteiger partial charge is 0.399 e. The third-order valence-electron chi connectivity index (χ3n) is 3.12. The number of hydrogen-bond donors (Lipinski definition) is 2. The minimum Gasteiger partial charge on any atom is -0.399 e. The summed E-state index contributed by atoms with van der Waals surface area (Å²) in [6.07, 6.45) is 0.537. The number of nitrogen functional groups attached to an aromatic ring is 1. The highest BCUT2D eigenvalue weighted by molar-refractivity contribution is 7.59. The summed E-state index contributed by atoms with van der Waals surface area (Å²) in [4.78, 5) is 14.2. The van der Waals surface area contributed by atoms with E-state index < -0.39 is 6.04 Å². The topological polar surface area (TPSA) is 72.3 Å². The smallest absolute Gasteiger partial charge is 0.240 e. The predicted octanol–water partition coefficient (Wildman–Crippen LogP) is 1.90. The van der Waals surface area contributed by atoms with E-state index in [9.17, 15) is 4.79 Å². The molecule has 1 aromatic rings. The van der Waals surface area contributed by atoms with Gasteiger partial charge in [-0.25, -0.2) is 0 Å². The van der Waals surface area contributed by atoms with Crippen molar-refractivity contribution in [3.8, 4) is 0 Å². The molecule has 1 aromatic carbocycles. The number of nitrogens with zero attached hydrogens (tertiary/aromatic N) is 1. The molecule has 20 heavy (non-hydrogen) atoms. The van der Waals surface area contributed by atoms with E-state index in [4.69, 9.17) is 11.5 Å². The first kappa shape index (κ1) is 18.8. The van der Waals surface area contributed by atoms with Crippen LogP contribution in [0.4, 0.5) is 5.69 Å². The van der Waals surface area contributed by atoms with E-state index in [0.29, 0.717) is 6.42 Å². The molecule has 4 nitrogen and oxygen atoms in total. The molecular weight excluding hydrogens is 270 g/mol. The lowest BCUT2D eigenvalue weighted by Crippen LogP contribution is -2.50. The molecule has 0 unspecified atom stereocenters. The quantitative estimate of drug-likeness (QED) is 0.815. The number of carbonyl (C=O) groups is 1. The molecule has 1 amide bonds. The van der Waals surface area contributed by atoms with Gasteiger partial charge in [-0.05, 0) is 51.8 Å². The van der Waals surface area contributed by atoms with Crippen molar-refractivity contribution in [2.45, 2.75) is 52.2 Å². The van der Waals surface area contributed by atoms with Crippen molar-refractivity contribution in [3.05, 3.63) is 29.8 Å². The van der Waals surface area contributed by atoms with E-state index in [1.807, 2.05) is 56.9 Å². The highest BCUT2D eigenvalue weighted by Gasteiger charge is 2.25. The van der Waals surface area contributed by atoms with Gasteiger partial charge in [0.1, 0.15) is 0 Å². The minimum atomic E-state index is -0.506. The van der Waals surface area contributed by atoms with E-state index in [1.165, 1.54) is 0 Å². The monoisotopic (exact) mass is 297 g/mol. The fourth-order valence-corrected chi connectivity index (χ4v) is 2.29. The lowest BCUT2D eigenvalue weighted by molar-refractivity contribution is -0.136. The van der Waals surface area contributed by atoms with Gasteiger partial charge < -0.3 is 16.4 Å². The number of hydrogen-bond acceptors (Lipinski definition) is 3. The molecule has 114 valence electrons. The average Bonchev–Trinajstić information content (AvgIpc) is 2.31. The van der Waals surface area contributed by atoms with Crippen molar-refractivity contribution in [1.29, 1.82) is 0 Å². The van der Waals surface area contributed by atoms with Crippen LogP contribution in [0.25, 0.3) is 0 Å². The minimum absolute atomic E-state index is 0. The maximum Gasteiger partial charge on any atom is 0.240 e. The van der Waals surface area contributed by atoms with Crippen LogP contribution in [-0.4, -0.2) is 28.9 Å². The standard InChI is InChI=1S/C15H25N3O.H2S/c1-10(2)18(11(3)4)15(19)14(17)9-12-5-7-13(16)8-6-12;/h5-8,10-11,14H,9,16-17H2,1-4H3;1H2/t14-;/m0./s1. The Labute approximate surface area is 129 Å². The first-order chi connectivity index (χ1) is 8.82. The van der Waals surface area contributed by atoms with Gasteiger partial charge in [0.25, 0.3) is 0 Å². The first-order valence-electron chi connectivity index (χ1n) is 6.75. The second kappa shape index (κ2) is 8.17. The molecule has 0 aliphatic heterocycles. The number of nitrogens with two attached hydrogens (primary N) is 2. The summed E-state index contributed by atoms with van der Waals surface area (Å²) in [7, 11) is 0. The molecule has 5 heteroatoms. The maximum atomic E-state index is 12.4. The van der Waals surface area contributed by atoms with Crippen molar-refractivity contribution in [3.63, 3.8) is 0 Å². The van der Waals surface area contributed by atoms with Crippen LogP contribution in [0.2, 0.25) is 0 Å². The first-order valence-corrected chi connectivity index (χ1v) is 6.75. The van der Waals surface area contributed by atoms with Gasteiger partial charge in [-0.1, -0.05) is 12.1 Å². The average molecular weight is 297 g/mol. The molecule has 1 atom stereocenters. The lowest BCUT2D eigenvalue weighted by Gasteiger charge is -2.33. The second-order valence-corrected chi connectivity index (χ2v) is 5.49. The summed E-state index contributed by atoms with van der Waals surface area (Å²) in [5.41, 5.74) is 13.4. The number of benzene rings is 1. The van der Waals surface area contributed by atoms with Gasteiger partial charge in [-0.15, -0.1) is 0 Å². The zero-order valence-electron chi connectivity index (χ0n) is 12.8. The Balaban J connectivity index is 0.00000361. The zero-order chi connectivity index (χ0) is 14.6. The molecular formula is C15H27N3OS. The Morgan fingerprint density at radius 3 is 1.95 bits per heavy atom. The third kappa shape index (κ3) is 5.06. The van der Waals surface area contributed by atoms with Crippen LogP contribution in [-0.2, 0) is 11.2 Å². The molecule has 0 aliphatic carbocycles. The second-order valence-electron chi connectivity index (χ2n) is 5.49. The van der Waals surface area contributed by atoms with Crippen LogP contribution in [0.1, 0.15) is 33.3 Å². The number of carbonyl (C=O) groups excluding carboxylic acids is 1. The molecule has 1 rings (SSSR count). The van der Waals surface area contributed by atoms with E-state index in [-0.39, 0.29) is 31.5 Å². The summed E-state index contributed by atoms with van der Waals surface area (Å²) in [6.45, 7) is 8.03. The molecule has 0 heterocycles. The Hall–Kier alpha value is -1.20. The summed E-state index contributed by atoms with van der Waals surface area (Å²) in [6, 6.07) is 7.29. The van der Waals surface area contributed by atoms with Crippen LogP contribution in [0, 0.1) is 0 Å². The van der Waals surface area contributed by atoms with Gasteiger partial charge in [0.15, 0.2) is 0 Å². The molecule has 0 saturated carbocycles. The maximum absolute atomic E-state index is 12.4. The van der Waals surface area contributed by atoms with Gasteiger partial charge in [-0.3, -0.25) is 4.79 Å². The summed E-state index contributed by atoms with van der Waals surface area (Å²) >= 11 is 0. The van der Waals surface area contributed by atoms with Crippen molar-refractivity contribution in [1.82, 2.24) is 4.90 Å². The fraction of sp³-hybridized carbons (Fsp3) is 0.533. The van der Waals surface area contributed by atoms with Gasteiger partial charge in [0, 0.05) is 17.8 Å². The fourth-order valence-electron chi connectivity index (χ4n) is 2.29. The van der Waals surface area contributed by atoms with Crippen molar-refractivity contribution in [2.75, 3.05) is 5.73 Å². The Kier molecular flexibility index (Phi) is 7.68. The Bertz CT molecular complexity index is 410. The Morgan fingerprint density at radius 1 is 1.10 bits per heavy atom. The molecule has 0 saturated heterocycles. The normalized spacial score (nSPS) is 12.2. The number of amides is 1. The van der Waals surface area contributed by atoms with Gasteiger partial charge in [0.2, 0.25) is 5.91 Å². The van der Waals surface area contributed by atoms with E-state index in [1.54, 1.807) is 0 Å². The van der Waals surface area contributed by atoms with Crippen molar-refractivity contribution < 1.29 is 4.79 Å². The Morgan fingerprint density at radius 2 is 1.55 bits per heavy atom. The molecule has 0 bridgehead atoms. The van der Waals surface area contributed by atoms with Gasteiger partial charge in [0.05, 0.1) is 6.04 Å². The zero-order valence-corrected chi connectivity index (χ0v) is 13.8. The molecule has 4 N–H and O–H groups in total. The molecule has 0 radical (unpaired) electrons. The van der Waals surface area contributed by atoms with Crippen LogP contribution in [0.5, 0.6) is 0 Å². The highest BCUT2D eigenvalue weighted by atomic mass is 32.1. The highest BCUT2D eigenvalue weighted by Crippen LogP contribution is 2.11. The third-order valence-corrected chi connectivity index (χ3v) is 3.12. The van der Waals surface area contributed by atoms with Crippen molar-refractivity contribution in [2.24, 2.45) is 5.73 Å². The molecule has 0 fully saturated rings. The summed E-state index contributed by atoms with van der Waals surface area (Å²) in [5, 5.41) is 0. The van der Waals surface area contributed by atoms with E-state index >= 15 is 0 Å². The molecule has 0 spiro atoms.